The number of ether oxygens (including phenoxy) is 1. The van der Waals surface area contributed by atoms with Crippen molar-refractivity contribution >= 4 is 23.3 Å². The van der Waals surface area contributed by atoms with E-state index in [9.17, 15) is 4.79 Å². The SMILES string of the molecule is Cc1nnc(COC(=O)c2cc(N)cc(Cl)c2)n1C. The van der Waals surface area contributed by atoms with Crippen LogP contribution in [0, 0.1) is 6.92 Å². The van der Waals surface area contributed by atoms with Crippen molar-refractivity contribution in [1.29, 1.82) is 0 Å². The standard InChI is InChI=1S/C12H13ClN4O2/c1-7-15-16-11(17(7)2)6-19-12(18)8-3-9(13)5-10(14)4-8/h3-5H,6,14H2,1-2H3. The molecule has 1 aromatic carbocycles. The van der Waals surface area contributed by atoms with Gasteiger partial charge in [0.05, 0.1) is 5.56 Å². The van der Waals surface area contributed by atoms with Crippen LogP contribution in [0.3, 0.4) is 0 Å². The van der Waals surface area contributed by atoms with Crippen LogP contribution in [0.2, 0.25) is 5.02 Å². The molecule has 6 nitrogen and oxygen atoms in total. The molecule has 2 aromatic rings. The molecule has 1 aromatic heterocycles. The highest BCUT2D eigenvalue weighted by molar-refractivity contribution is 6.31. The Balaban J connectivity index is 2.07. The number of carbonyl (C=O) groups is 1. The van der Waals surface area contributed by atoms with Crippen LogP contribution in [-0.2, 0) is 18.4 Å². The maximum atomic E-state index is 11.8. The normalized spacial score (nSPS) is 10.5. The fourth-order valence-electron chi connectivity index (χ4n) is 1.52. The molecule has 100 valence electrons. The number of hydrogen-bond donors (Lipinski definition) is 1. The molecule has 0 saturated carbocycles. The van der Waals surface area contributed by atoms with Crippen LogP contribution in [0.5, 0.6) is 0 Å². The van der Waals surface area contributed by atoms with Crippen molar-refractivity contribution in [3.8, 4) is 0 Å². The van der Waals surface area contributed by atoms with Crippen LogP contribution in [0.25, 0.3) is 0 Å². The quantitative estimate of drug-likeness (QED) is 0.684. The Kier molecular flexibility index (Phi) is 3.71. The molecule has 2 rings (SSSR count). The Morgan fingerprint density at radius 3 is 2.74 bits per heavy atom. The van der Waals surface area contributed by atoms with Crippen LogP contribution in [0.4, 0.5) is 5.69 Å². The van der Waals surface area contributed by atoms with Crippen molar-refractivity contribution in [2.45, 2.75) is 13.5 Å². The molecule has 0 atom stereocenters. The largest absolute Gasteiger partial charge is 0.454 e. The Hall–Kier alpha value is -2.08. The molecule has 0 aliphatic heterocycles. The average Bonchev–Trinajstić information content (AvgIpc) is 2.66. The average molecular weight is 281 g/mol. The van der Waals surface area contributed by atoms with E-state index in [1.54, 1.807) is 17.7 Å². The lowest BCUT2D eigenvalue weighted by atomic mass is 10.2. The number of nitrogens with zero attached hydrogens (tertiary/aromatic N) is 3. The number of aromatic nitrogens is 3. The third-order valence-corrected chi connectivity index (χ3v) is 2.89. The fourth-order valence-corrected chi connectivity index (χ4v) is 1.76. The number of anilines is 1. The van der Waals surface area contributed by atoms with Crippen molar-refractivity contribution in [3.63, 3.8) is 0 Å². The summed E-state index contributed by atoms with van der Waals surface area (Å²) in [6.45, 7) is 1.86. The number of hydrogen-bond acceptors (Lipinski definition) is 5. The Labute approximate surface area is 115 Å². The topological polar surface area (TPSA) is 83.0 Å². The first-order valence-electron chi connectivity index (χ1n) is 5.55. The van der Waals surface area contributed by atoms with Gasteiger partial charge in [0.15, 0.2) is 12.4 Å². The van der Waals surface area contributed by atoms with Gasteiger partial charge in [-0.15, -0.1) is 10.2 Å². The second-order valence-corrected chi connectivity index (χ2v) is 4.51. The van der Waals surface area contributed by atoms with Crippen LogP contribution >= 0.6 is 11.6 Å². The summed E-state index contributed by atoms with van der Waals surface area (Å²) in [5.41, 5.74) is 6.33. The number of halogens is 1. The first kappa shape index (κ1) is 13.4. The number of aryl methyl sites for hydroxylation is 1. The van der Waals surface area contributed by atoms with Gasteiger partial charge in [-0.05, 0) is 25.1 Å². The maximum absolute atomic E-state index is 11.8. The van der Waals surface area contributed by atoms with Gasteiger partial charge in [0, 0.05) is 17.8 Å². The Morgan fingerprint density at radius 2 is 2.16 bits per heavy atom. The van der Waals surface area contributed by atoms with Gasteiger partial charge in [0.1, 0.15) is 5.82 Å². The number of esters is 1. The van der Waals surface area contributed by atoms with E-state index in [-0.39, 0.29) is 6.61 Å². The summed E-state index contributed by atoms with van der Waals surface area (Å²) < 4.78 is 6.89. The van der Waals surface area contributed by atoms with Gasteiger partial charge < -0.3 is 15.0 Å². The summed E-state index contributed by atoms with van der Waals surface area (Å²) in [6.07, 6.45) is 0. The number of carbonyl (C=O) groups excluding carboxylic acids is 1. The van der Waals surface area contributed by atoms with E-state index >= 15 is 0 Å². The molecule has 0 radical (unpaired) electrons. The molecule has 0 bridgehead atoms. The number of rotatable bonds is 3. The van der Waals surface area contributed by atoms with Gasteiger partial charge in [0.2, 0.25) is 0 Å². The van der Waals surface area contributed by atoms with E-state index in [4.69, 9.17) is 22.1 Å². The van der Waals surface area contributed by atoms with Crippen molar-refractivity contribution in [3.05, 3.63) is 40.4 Å². The molecular weight excluding hydrogens is 268 g/mol. The van der Waals surface area contributed by atoms with Crippen molar-refractivity contribution in [1.82, 2.24) is 14.8 Å². The fraction of sp³-hybridized carbons (Fsp3) is 0.250. The monoisotopic (exact) mass is 280 g/mol. The molecule has 0 saturated heterocycles. The van der Waals surface area contributed by atoms with Gasteiger partial charge in [0.25, 0.3) is 0 Å². The van der Waals surface area contributed by atoms with Crippen LogP contribution < -0.4 is 5.73 Å². The lowest BCUT2D eigenvalue weighted by molar-refractivity contribution is 0.0458. The number of nitrogen functional groups attached to an aromatic ring is 1. The number of nitrogens with two attached hydrogens (primary N) is 1. The Morgan fingerprint density at radius 1 is 1.42 bits per heavy atom. The Bertz CT molecular complexity index is 604. The summed E-state index contributed by atoms with van der Waals surface area (Å²) in [4.78, 5) is 11.8. The molecule has 2 N–H and O–H groups in total. The van der Waals surface area contributed by atoms with E-state index in [2.05, 4.69) is 10.2 Å². The maximum Gasteiger partial charge on any atom is 0.338 e. The molecule has 1 heterocycles. The van der Waals surface area contributed by atoms with Gasteiger partial charge in [-0.25, -0.2) is 4.79 Å². The molecule has 0 amide bonds. The van der Waals surface area contributed by atoms with E-state index in [1.165, 1.54) is 12.1 Å². The summed E-state index contributed by atoms with van der Waals surface area (Å²) >= 11 is 5.83. The minimum atomic E-state index is -0.505. The lowest BCUT2D eigenvalue weighted by Crippen LogP contribution is -2.09. The van der Waals surface area contributed by atoms with Crippen LogP contribution in [0.1, 0.15) is 22.0 Å². The predicted octanol–water partition coefficient (Wildman–Crippen LogP) is 1.72. The molecule has 0 aliphatic rings. The van der Waals surface area contributed by atoms with Gasteiger partial charge in [-0.2, -0.15) is 0 Å². The smallest absolute Gasteiger partial charge is 0.338 e. The van der Waals surface area contributed by atoms with Gasteiger partial charge >= 0.3 is 5.97 Å². The second kappa shape index (κ2) is 5.27. The van der Waals surface area contributed by atoms with E-state index in [0.717, 1.165) is 5.82 Å². The molecule has 0 unspecified atom stereocenters. The van der Waals surface area contributed by atoms with Crippen molar-refractivity contribution in [2.24, 2.45) is 7.05 Å². The highest BCUT2D eigenvalue weighted by atomic mass is 35.5. The minimum Gasteiger partial charge on any atom is -0.454 e. The summed E-state index contributed by atoms with van der Waals surface area (Å²) in [7, 11) is 1.80. The minimum absolute atomic E-state index is 0.0442. The molecule has 19 heavy (non-hydrogen) atoms. The zero-order chi connectivity index (χ0) is 14.0. The summed E-state index contributed by atoms with van der Waals surface area (Å²) in [5.74, 6) is 0.814. The summed E-state index contributed by atoms with van der Waals surface area (Å²) in [6, 6.07) is 4.57. The predicted molar refractivity (Wildman–Crippen MR) is 70.7 cm³/mol. The third kappa shape index (κ3) is 3.03. The first-order chi connectivity index (χ1) is 8.97. The molecule has 0 spiro atoms. The zero-order valence-corrected chi connectivity index (χ0v) is 11.3. The number of benzene rings is 1. The highest BCUT2D eigenvalue weighted by Gasteiger charge is 2.12. The molecular formula is C12H13ClN4O2. The molecule has 7 heteroatoms. The van der Waals surface area contributed by atoms with E-state index in [1.807, 2.05) is 6.92 Å². The van der Waals surface area contributed by atoms with Crippen molar-refractivity contribution < 1.29 is 9.53 Å². The van der Waals surface area contributed by atoms with Crippen molar-refractivity contribution in [2.75, 3.05) is 5.73 Å². The van der Waals surface area contributed by atoms with Crippen LogP contribution in [-0.4, -0.2) is 20.7 Å². The van der Waals surface area contributed by atoms with E-state index in [0.29, 0.717) is 22.1 Å². The van der Waals surface area contributed by atoms with E-state index < -0.39 is 5.97 Å². The summed E-state index contributed by atoms with van der Waals surface area (Å²) in [5, 5.41) is 8.17. The second-order valence-electron chi connectivity index (χ2n) is 4.07. The van der Waals surface area contributed by atoms with Gasteiger partial charge in [-0.3, -0.25) is 0 Å². The third-order valence-electron chi connectivity index (χ3n) is 2.67. The molecule has 0 fully saturated rings. The van der Waals surface area contributed by atoms with Gasteiger partial charge in [-0.1, -0.05) is 11.6 Å². The van der Waals surface area contributed by atoms with Crippen LogP contribution in [0.15, 0.2) is 18.2 Å². The lowest BCUT2D eigenvalue weighted by Gasteiger charge is -2.06. The zero-order valence-electron chi connectivity index (χ0n) is 10.6. The molecule has 0 aliphatic carbocycles. The first-order valence-corrected chi connectivity index (χ1v) is 5.93. The highest BCUT2D eigenvalue weighted by Crippen LogP contribution is 2.17.